The van der Waals surface area contributed by atoms with Crippen molar-refractivity contribution in [2.24, 2.45) is 5.92 Å². The highest BCUT2D eigenvalue weighted by atomic mass is 16.6. The van der Waals surface area contributed by atoms with E-state index >= 15 is 0 Å². The highest BCUT2D eigenvalue weighted by Crippen LogP contribution is 2.33. The molecular weight excluding hydrogens is 286 g/mol. The number of hydrogen-bond acceptors (Lipinski definition) is 6. The zero-order chi connectivity index (χ0) is 15.7. The van der Waals surface area contributed by atoms with Crippen LogP contribution in [0.4, 0.5) is 5.69 Å². The molecule has 0 radical (unpaired) electrons. The van der Waals surface area contributed by atoms with Crippen molar-refractivity contribution in [1.29, 1.82) is 0 Å². The number of esters is 1. The first-order valence-electron chi connectivity index (χ1n) is 6.82. The van der Waals surface area contributed by atoms with Crippen LogP contribution in [0.3, 0.4) is 0 Å². The number of ether oxygens (including phenoxy) is 1. The molecule has 22 heavy (non-hydrogen) atoms. The highest BCUT2D eigenvalue weighted by molar-refractivity contribution is 5.96. The molecule has 0 unspecified atom stereocenters. The van der Waals surface area contributed by atoms with Gasteiger partial charge in [0.15, 0.2) is 0 Å². The first-order chi connectivity index (χ1) is 10.5. The maximum absolute atomic E-state index is 12.3. The largest absolute Gasteiger partial charge is 0.459 e. The predicted molar refractivity (Wildman–Crippen MR) is 76.1 cm³/mol. The fraction of sp³-hybridized carbons (Fsp3) is 0.357. The van der Waals surface area contributed by atoms with Crippen molar-refractivity contribution in [3.8, 4) is 5.69 Å². The summed E-state index contributed by atoms with van der Waals surface area (Å²) in [5.41, 5.74) is 0.632. The highest BCUT2D eigenvalue weighted by Gasteiger charge is 2.46. The first-order valence-corrected chi connectivity index (χ1v) is 6.82. The summed E-state index contributed by atoms with van der Waals surface area (Å²) in [6.45, 7) is 3.48. The average molecular weight is 301 g/mol. The van der Waals surface area contributed by atoms with Gasteiger partial charge in [0, 0.05) is 5.69 Å². The Bertz CT molecular complexity index is 694. The first kappa shape index (κ1) is 14.2. The number of aromatic nitrogens is 4. The lowest BCUT2D eigenvalue weighted by molar-refractivity contribution is -0.147. The number of tetrazole rings is 1. The van der Waals surface area contributed by atoms with E-state index in [1.54, 1.807) is 38.1 Å². The van der Waals surface area contributed by atoms with Gasteiger partial charge in [-0.25, -0.2) is 4.68 Å². The van der Waals surface area contributed by atoms with E-state index in [1.165, 1.54) is 11.0 Å². The molecule has 1 aromatic heterocycles. The van der Waals surface area contributed by atoms with Crippen molar-refractivity contribution in [3.05, 3.63) is 30.6 Å². The third-order valence-electron chi connectivity index (χ3n) is 3.65. The number of amides is 1. The van der Waals surface area contributed by atoms with E-state index in [1.807, 2.05) is 0 Å². The van der Waals surface area contributed by atoms with Crippen molar-refractivity contribution >= 4 is 17.6 Å². The van der Waals surface area contributed by atoms with Crippen molar-refractivity contribution < 1.29 is 14.3 Å². The Morgan fingerprint density at radius 2 is 2.09 bits per heavy atom. The van der Waals surface area contributed by atoms with Crippen molar-refractivity contribution in [2.45, 2.75) is 25.9 Å². The number of nitrogens with one attached hydrogen (secondary N) is 1. The fourth-order valence-corrected chi connectivity index (χ4v) is 2.43. The number of hydrogen-bond donors (Lipinski definition) is 1. The summed E-state index contributed by atoms with van der Waals surface area (Å²) in [5.74, 6) is -1.08. The van der Waals surface area contributed by atoms with Gasteiger partial charge in [-0.1, -0.05) is 0 Å². The van der Waals surface area contributed by atoms with Gasteiger partial charge in [-0.3, -0.25) is 9.59 Å². The molecule has 1 aliphatic heterocycles. The van der Waals surface area contributed by atoms with E-state index < -0.39 is 11.5 Å². The molecule has 2 heterocycles. The van der Waals surface area contributed by atoms with E-state index in [-0.39, 0.29) is 18.3 Å². The van der Waals surface area contributed by atoms with Crippen LogP contribution in [0.1, 0.15) is 20.3 Å². The molecule has 2 aromatic rings. The smallest absolute Gasteiger partial charge is 0.307 e. The monoisotopic (exact) mass is 301 g/mol. The molecule has 0 spiro atoms. The fourth-order valence-electron chi connectivity index (χ4n) is 2.43. The van der Waals surface area contributed by atoms with Gasteiger partial charge in [-0.15, -0.1) is 5.10 Å². The number of cyclic esters (lactones) is 1. The number of benzene rings is 1. The van der Waals surface area contributed by atoms with Crippen LogP contribution >= 0.6 is 0 Å². The standard InChI is InChI=1S/C14H15N5O3/c1-14(2)11(7-12(20)22-14)13(21)16-9-3-5-10(6-4-9)19-8-15-17-18-19/h3-6,8,11H,7H2,1-2H3,(H,16,21)/t11-/m0/s1. The molecule has 1 saturated heterocycles. The van der Waals surface area contributed by atoms with Crippen LogP contribution in [0.5, 0.6) is 0 Å². The summed E-state index contributed by atoms with van der Waals surface area (Å²) in [6.07, 6.45) is 1.58. The Hall–Kier alpha value is -2.77. The van der Waals surface area contributed by atoms with Gasteiger partial charge >= 0.3 is 5.97 Å². The Labute approximate surface area is 126 Å². The lowest BCUT2D eigenvalue weighted by Crippen LogP contribution is -2.36. The minimum Gasteiger partial charge on any atom is -0.459 e. The minimum absolute atomic E-state index is 0.0988. The van der Waals surface area contributed by atoms with Gasteiger partial charge in [0.1, 0.15) is 11.9 Å². The quantitative estimate of drug-likeness (QED) is 0.847. The lowest BCUT2D eigenvalue weighted by Gasteiger charge is -2.23. The summed E-state index contributed by atoms with van der Waals surface area (Å²) in [7, 11) is 0. The molecule has 1 N–H and O–H groups in total. The van der Waals surface area contributed by atoms with Crippen LogP contribution in [0.15, 0.2) is 30.6 Å². The second-order valence-corrected chi connectivity index (χ2v) is 5.62. The number of carbonyl (C=O) groups excluding carboxylic acids is 2. The van der Waals surface area contributed by atoms with Gasteiger partial charge < -0.3 is 10.1 Å². The molecule has 3 rings (SSSR count). The molecule has 114 valence electrons. The molecule has 1 fully saturated rings. The maximum atomic E-state index is 12.3. The van der Waals surface area contributed by atoms with E-state index in [0.717, 1.165) is 5.69 Å². The molecule has 8 heteroatoms. The normalized spacial score (nSPS) is 19.7. The molecule has 1 aliphatic rings. The van der Waals surface area contributed by atoms with Crippen LogP contribution in [-0.2, 0) is 14.3 Å². The molecule has 0 saturated carbocycles. The summed E-state index contributed by atoms with van der Waals surface area (Å²) >= 11 is 0. The Morgan fingerprint density at radius 3 is 2.64 bits per heavy atom. The Balaban J connectivity index is 1.71. The van der Waals surface area contributed by atoms with Crippen molar-refractivity contribution in [3.63, 3.8) is 0 Å². The second-order valence-electron chi connectivity index (χ2n) is 5.62. The number of rotatable bonds is 3. The molecule has 8 nitrogen and oxygen atoms in total. The van der Waals surface area contributed by atoms with Gasteiger partial charge in [0.05, 0.1) is 18.0 Å². The average Bonchev–Trinajstić information content (AvgIpc) is 3.07. The van der Waals surface area contributed by atoms with Gasteiger partial charge in [-0.2, -0.15) is 0 Å². The van der Waals surface area contributed by atoms with E-state index in [4.69, 9.17) is 4.74 Å². The minimum atomic E-state index is -0.784. The molecule has 0 aliphatic carbocycles. The number of anilines is 1. The lowest BCUT2D eigenvalue weighted by atomic mass is 9.90. The molecule has 1 aromatic carbocycles. The third-order valence-corrected chi connectivity index (χ3v) is 3.65. The summed E-state index contributed by atoms with van der Waals surface area (Å²) in [4.78, 5) is 23.7. The summed E-state index contributed by atoms with van der Waals surface area (Å²) in [6, 6.07) is 7.07. The molecule has 0 bridgehead atoms. The summed E-state index contributed by atoms with van der Waals surface area (Å²) < 4.78 is 6.68. The molecule has 1 amide bonds. The second kappa shape index (κ2) is 5.21. The van der Waals surface area contributed by atoms with Crippen LogP contribution < -0.4 is 5.32 Å². The van der Waals surface area contributed by atoms with Gasteiger partial charge in [-0.05, 0) is 48.5 Å². The maximum Gasteiger partial charge on any atom is 0.307 e. The predicted octanol–water partition coefficient (Wildman–Crippen LogP) is 0.942. The zero-order valence-corrected chi connectivity index (χ0v) is 12.2. The van der Waals surface area contributed by atoms with Gasteiger partial charge in [0.25, 0.3) is 0 Å². The molecular formula is C14H15N5O3. The topological polar surface area (TPSA) is 99.0 Å². The van der Waals surface area contributed by atoms with E-state index in [2.05, 4.69) is 20.8 Å². The van der Waals surface area contributed by atoms with Crippen LogP contribution in [-0.4, -0.2) is 37.7 Å². The number of nitrogens with zero attached hydrogens (tertiary/aromatic N) is 4. The van der Waals surface area contributed by atoms with E-state index in [9.17, 15) is 9.59 Å². The van der Waals surface area contributed by atoms with E-state index in [0.29, 0.717) is 5.69 Å². The SMILES string of the molecule is CC1(C)OC(=O)C[C@H]1C(=O)Nc1ccc(-n2cnnn2)cc1. The van der Waals surface area contributed by atoms with Crippen LogP contribution in [0.2, 0.25) is 0 Å². The Kier molecular flexibility index (Phi) is 3.36. The van der Waals surface area contributed by atoms with Crippen molar-refractivity contribution in [2.75, 3.05) is 5.32 Å². The van der Waals surface area contributed by atoms with Crippen LogP contribution in [0, 0.1) is 5.92 Å². The third kappa shape index (κ3) is 2.67. The summed E-state index contributed by atoms with van der Waals surface area (Å²) in [5, 5.41) is 13.7. The molecule has 1 atom stereocenters. The van der Waals surface area contributed by atoms with Crippen LogP contribution in [0.25, 0.3) is 5.69 Å². The van der Waals surface area contributed by atoms with Gasteiger partial charge in [0.2, 0.25) is 5.91 Å². The Morgan fingerprint density at radius 1 is 1.36 bits per heavy atom. The van der Waals surface area contributed by atoms with Crippen molar-refractivity contribution in [1.82, 2.24) is 20.2 Å². The number of carbonyl (C=O) groups is 2. The zero-order valence-electron chi connectivity index (χ0n) is 12.2.